The lowest BCUT2D eigenvalue weighted by Crippen LogP contribution is -2.36. The predicted molar refractivity (Wildman–Crippen MR) is 73.5 cm³/mol. The van der Waals surface area contributed by atoms with Gasteiger partial charge >= 0.3 is 6.18 Å². The van der Waals surface area contributed by atoms with Crippen LogP contribution in [0.25, 0.3) is 0 Å². The number of piperidine rings is 1. The van der Waals surface area contributed by atoms with E-state index in [1.54, 1.807) is 6.07 Å². The molecule has 3 nitrogen and oxygen atoms in total. The predicted octanol–water partition coefficient (Wildman–Crippen LogP) is 3.12. The Balaban J connectivity index is 2.26. The van der Waals surface area contributed by atoms with Gasteiger partial charge in [-0.05, 0) is 43.4 Å². The van der Waals surface area contributed by atoms with Gasteiger partial charge in [0.25, 0.3) is 0 Å². The van der Waals surface area contributed by atoms with Crippen molar-refractivity contribution in [3.8, 4) is 0 Å². The Labute approximate surface area is 121 Å². The maximum Gasteiger partial charge on any atom is 0.417 e. The second kappa shape index (κ2) is 6.47. The second-order valence-electron chi connectivity index (χ2n) is 5.35. The Kier molecular flexibility index (Phi) is 4.88. The molecule has 1 aliphatic rings. The number of aliphatic hydroxyl groups excluding tert-OH is 1. The van der Waals surface area contributed by atoms with Gasteiger partial charge in [-0.15, -0.1) is 0 Å². The van der Waals surface area contributed by atoms with Gasteiger partial charge in [0.1, 0.15) is 0 Å². The molecule has 0 aliphatic carbocycles. The number of hydrogen-bond donors (Lipinski definition) is 1. The fourth-order valence-corrected chi connectivity index (χ4v) is 2.81. The van der Waals surface area contributed by atoms with Gasteiger partial charge in [0.2, 0.25) is 0 Å². The number of halogens is 3. The van der Waals surface area contributed by atoms with E-state index in [1.807, 2.05) is 4.90 Å². The van der Waals surface area contributed by atoms with Gasteiger partial charge in [-0.3, -0.25) is 4.79 Å². The Hall–Kier alpha value is -1.56. The van der Waals surface area contributed by atoms with Gasteiger partial charge < -0.3 is 10.0 Å². The maximum absolute atomic E-state index is 13.0. The van der Waals surface area contributed by atoms with Crippen LogP contribution < -0.4 is 4.90 Å². The molecule has 0 radical (unpaired) electrons. The molecule has 1 fully saturated rings. The monoisotopic (exact) mass is 301 g/mol. The zero-order valence-corrected chi connectivity index (χ0v) is 11.6. The Morgan fingerprint density at radius 2 is 2.14 bits per heavy atom. The summed E-state index contributed by atoms with van der Waals surface area (Å²) in [7, 11) is 0. The Bertz CT molecular complexity index is 500. The van der Waals surface area contributed by atoms with E-state index in [-0.39, 0.29) is 18.5 Å². The minimum atomic E-state index is -4.54. The van der Waals surface area contributed by atoms with Gasteiger partial charge in [-0.2, -0.15) is 13.2 Å². The molecule has 2 rings (SSSR count). The molecule has 1 aromatic carbocycles. The highest BCUT2D eigenvalue weighted by molar-refractivity contribution is 5.79. The average Bonchev–Trinajstić information content (AvgIpc) is 2.46. The summed E-state index contributed by atoms with van der Waals surface area (Å²) in [6, 6.07) is 3.83. The third-order valence-electron chi connectivity index (χ3n) is 3.89. The molecule has 1 heterocycles. The fourth-order valence-electron chi connectivity index (χ4n) is 2.81. The largest absolute Gasteiger partial charge is 0.417 e. The smallest absolute Gasteiger partial charge is 0.396 e. The van der Waals surface area contributed by atoms with E-state index in [2.05, 4.69) is 0 Å². The van der Waals surface area contributed by atoms with Crippen molar-refractivity contribution in [1.29, 1.82) is 0 Å². The van der Waals surface area contributed by atoms with E-state index in [1.165, 1.54) is 6.07 Å². The van der Waals surface area contributed by atoms with E-state index in [9.17, 15) is 18.0 Å². The zero-order chi connectivity index (χ0) is 15.5. The fraction of sp³-hybridized carbons (Fsp3) is 0.533. The SMILES string of the molecule is O=Cc1ccc(N2CCCC(CCO)C2)cc1C(F)(F)F. The second-order valence-corrected chi connectivity index (χ2v) is 5.35. The first-order chi connectivity index (χ1) is 9.95. The van der Waals surface area contributed by atoms with Crippen LogP contribution in [0.1, 0.15) is 35.2 Å². The summed E-state index contributed by atoms with van der Waals surface area (Å²) >= 11 is 0. The number of carbonyl (C=O) groups is 1. The summed E-state index contributed by atoms with van der Waals surface area (Å²) in [6.45, 7) is 1.42. The molecule has 116 valence electrons. The number of anilines is 1. The molecule has 21 heavy (non-hydrogen) atoms. The van der Waals surface area contributed by atoms with Crippen LogP contribution in [0, 0.1) is 5.92 Å². The molecule has 0 saturated carbocycles. The van der Waals surface area contributed by atoms with Gasteiger partial charge in [0.15, 0.2) is 6.29 Å². The zero-order valence-electron chi connectivity index (χ0n) is 11.6. The maximum atomic E-state index is 13.0. The molecular formula is C15H18F3NO2. The molecule has 0 aromatic heterocycles. The topological polar surface area (TPSA) is 40.5 Å². The number of alkyl halides is 3. The van der Waals surface area contributed by atoms with Crippen molar-refractivity contribution in [1.82, 2.24) is 0 Å². The van der Waals surface area contributed by atoms with E-state index in [0.717, 1.165) is 18.9 Å². The molecule has 1 unspecified atom stereocenters. The number of nitrogens with zero attached hydrogens (tertiary/aromatic N) is 1. The lowest BCUT2D eigenvalue weighted by atomic mass is 9.94. The highest BCUT2D eigenvalue weighted by Crippen LogP contribution is 2.35. The summed E-state index contributed by atoms with van der Waals surface area (Å²) in [5.41, 5.74) is -0.745. The molecule has 0 bridgehead atoms. The lowest BCUT2D eigenvalue weighted by molar-refractivity contribution is -0.137. The first-order valence-corrected chi connectivity index (χ1v) is 6.98. The van der Waals surface area contributed by atoms with E-state index < -0.39 is 11.7 Å². The van der Waals surface area contributed by atoms with Crippen molar-refractivity contribution in [3.05, 3.63) is 29.3 Å². The van der Waals surface area contributed by atoms with E-state index in [4.69, 9.17) is 5.11 Å². The van der Waals surface area contributed by atoms with Crippen molar-refractivity contribution in [3.63, 3.8) is 0 Å². The minimum Gasteiger partial charge on any atom is -0.396 e. The van der Waals surface area contributed by atoms with Gasteiger partial charge in [-0.25, -0.2) is 0 Å². The van der Waals surface area contributed by atoms with Gasteiger partial charge in [0, 0.05) is 30.9 Å². The first kappa shape index (κ1) is 15.8. The van der Waals surface area contributed by atoms with Crippen LogP contribution in [-0.4, -0.2) is 31.1 Å². The third-order valence-corrected chi connectivity index (χ3v) is 3.89. The summed E-state index contributed by atoms with van der Waals surface area (Å²) < 4.78 is 38.9. The average molecular weight is 301 g/mol. The highest BCUT2D eigenvalue weighted by atomic mass is 19.4. The third kappa shape index (κ3) is 3.75. The summed E-state index contributed by atoms with van der Waals surface area (Å²) in [4.78, 5) is 12.7. The van der Waals surface area contributed by atoms with Crippen molar-refractivity contribution < 1.29 is 23.1 Å². The van der Waals surface area contributed by atoms with Crippen molar-refractivity contribution in [2.45, 2.75) is 25.4 Å². The molecule has 1 saturated heterocycles. The first-order valence-electron chi connectivity index (χ1n) is 6.98. The molecule has 0 spiro atoms. The van der Waals surface area contributed by atoms with Crippen molar-refractivity contribution in [2.24, 2.45) is 5.92 Å². The van der Waals surface area contributed by atoms with Gasteiger partial charge in [-0.1, -0.05) is 0 Å². The number of aliphatic hydroxyl groups is 1. The van der Waals surface area contributed by atoms with Gasteiger partial charge in [0.05, 0.1) is 5.56 Å². The van der Waals surface area contributed by atoms with Crippen LogP contribution in [0.2, 0.25) is 0 Å². The Morgan fingerprint density at radius 1 is 1.38 bits per heavy atom. The van der Waals surface area contributed by atoms with Crippen molar-refractivity contribution >= 4 is 12.0 Å². The summed E-state index contributed by atoms with van der Waals surface area (Å²) in [5.74, 6) is 0.295. The van der Waals surface area contributed by atoms with E-state index >= 15 is 0 Å². The highest BCUT2D eigenvalue weighted by Gasteiger charge is 2.34. The Morgan fingerprint density at radius 3 is 2.76 bits per heavy atom. The summed E-state index contributed by atoms with van der Waals surface area (Å²) in [5, 5.41) is 8.99. The normalized spacial score (nSPS) is 19.6. The molecule has 0 amide bonds. The molecular weight excluding hydrogens is 283 g/mol. The molecule has 6 heteroatoms. The standard InChI is InChI=1S/C15H18F3NO2/c16-15(17,18)14-8-13(4-3-12(14)10-21)19-6-1-2-11(9-19)5-7-20/h3-4,8,10-11,20H,1-2,5-7,9H2. The number of hydrogen-bond acceptors (Lipinski definition) is 3. The van der Waals surface area contributed by atoms with Crippen LogP contribution in [0.15, 0.2) is 18.2 Å². The van der Waals surface area contributed by atoms with E-state index in [0.29, 0.717) is 31.1 Å². The van der Waals surface area contributed by atoms with Crippen LogP contribution in [0.4, 0.5) is 18.9 Å². The van der Waals surface area contributed by atoms with Crippen LogP contribution in [0.3, 0.4) is 0 Å². The lowest BCUT2D eigenvalue weighted by Gasteiger charge is -2.34. The minimum absolute atomic E-state index is 0.0936. The quantitative estimate of drug-likeness (QED) is 0.869. The number of carbonyl (C=O) groups excluding carboxylic acids is 1. The number of benzene rings is 1. The van der Waals surface area contributed by atoms with Crippen molar-refractivity contribution in [2.75, 3.05) is 24.6 Å². The van der Waals surface area contributed by atoms with Crippen LogP contribution in [-0.2, 0) is 6.18 Å². The van der Waals surface area contributed by atoms with Crippen LogP contribution in [0.5, 0.6) is 0 Å². The van der Waals surface area contributed by atoms with Crippen LogP contribution >= 0.6 is 0 Å². The molecule has 1 atom stereocenters. The molecule has 1 aromatic rings. The summed E-state index contributed by atoms with van der Waals surface area (Å²) in [6.07, 6.45) is -1.77. The molecule has 1 N–H and O–H groups in total. The number of rotatable bonds is 4. The number of aldehydes is 1. The molecule has 1 aliphatic heterocycles.